The highest BCUT2D eigenvalue weighted by Crippen LogP contribution is 2.41. The molecule has 5 rings (SSSR count). The Labute approximate surface area is 191 Å². The first kappa shape index (κ1) is 20.8. The van der Waals surface area contributed by atoms with Gasteiger partial charge in [-0.3, -0.25) is 0 Å². The van der Waals surface area contributed by atoms with E-state index in [0.717, 1.165) is 38.1 Å². The number of rotatable bonds is 7. The van der Waals surface area contributed by atoms with Crippen LogP contribution in [0.3, 0.4) is 0 Å². The summed E-state index contributed by atoms with van der Waals surface area (Å²) in [6.45, 7) is 4.08. The van der Waals surface area contributed by atoms with Crippen molar-refractivity contribution in [1.29, 1.82) is 0 Å². The lowest BCUT2D eigenvalue weighted by molar-refractivity contribution is 0.153. The number of hydrogen-bond acceptors (Lipinski definition) is 2. The number of benzene rings is 4. The second-order valence-electron chi connectivity index (χ2n) is 8.94. The topological polar surface area (TPSA) is 21.3 Å². The van der Waals surface area contributed by atoms with Gasteiger partial charge in [0.25, 0.3) is 0 Å². The zero-order valence-corrected chi connectivity index (χ0v) is 18.8. The van der Waals surface area contributed by atoms with E-state index in [1.54, 1.807) is 0 Å². The molecule has 0 aliphatic carbocycles. The minimum Gasteiger partial charge on any atom is -0.490 e. The lowest BCUT2D eigenvalue weighted by Gasteiger charge is -2.33. The average molecular weight is 422 g/mol. The molecular formula is C30H31NO. The highest BCUT2D eigenvalue weighted by Gasteiger charge is 2.28. The quantitative estimate of drug-likeness (QED) is 0.324. The van der Waals surface area contributed by atoms with Gasteiger partial charge in [0, 0.05) is 18.0 Å². The van der Waals surface area contributed by atoms with Gasteiger partial charge >= 0.3 is 0 Å². The minimum absolute atomic E-state index is 0.259. The van der Waals surface area contributed by atoms with E-state index < -0.39 is 0 Å². The van der Waals surface area contributed by atoms with Crippen LogP contribution in [0.15, 0.2) is 91.0 Å². The molecule has 4 aromatic carbocycles. The van der Waals surface area contributed by atoms with Crippen molar-refractivity contribution in [2.45, 2.75) is 44.8 Å². The van der Waals surface area contributed by atoms with E-state index in [9.17, 15) is 0 Å². The summed E-state index contributed by atoms with van der Waals surface area (Å²) >= 11 is 0. The Morgan fingerprint density at radius 2 is 1.69 bits per heavy atom. The Bertz CT molecular complexity index is 1190. The molecule has 2 heteroatoms. The molecule has 1 aliphatic rings. The summed E-state index contributed by atoms with van der Waals surface area (Å²) in [5.74, 6) is 1.47. The molecule has 0 spiro atoms. The normalized spacial score (nSPS) is 17.7. The molecule has 0 bridgehead atoms. The number of para-hydroxylation sites is 1. The Kier molecular flexibility index (Phi) is 6.22. The van der Waals surface area contributed by atoms with Crippen molar-refractivity contribution in [2.75, 3.05) is 6.54 Å². The predicted molar refractivity (Wildman–Crippen MR) is 133 cm³/mol. The van der Waals surface area contributed by atoms with Crippen LogP contribution in [0.2, 0.25) is 0 Å². The van der Waals surface area contributed by atoms with Crippen LogP contribution in [0.5, 0.6) is 5.75 Å². The molecule has 0 fully saturated rings. The van der Waals surface area contributed by atoms with Gasteiger partial charge in [0.05, 0.1) is 6.10 Å². The second kappa shape index (κ2) is 9.58. The third-order valence-electron chi connectivity index (χ3n) is 6.61. The van der Waals surface area contributed by atoms with Gasteiger partial charge in [0.15, 0.2) is 0 Å². The molecule has 0 amide bonds. The summed E-state index contributed by atoms with van der Waals surface area (Å²) < 4.78 is 6.41. The molecule has 1 N–H and O–H groups in total. The molecule has 162 valence electrons. The highest BCUT2D eigenvalue weighted by molar-refractivity contribution is 5.85. The van der Waals surface area contributed by atoms with Crippen LogP contribution in [0.25, 0.3) is 10.8 Å². The molecule has 2 unspecified atom stereocenters. The molecule has 2 atom stereocenters. The van der Waals surface area contributed by atoms with Gasteiger partial charge in [-0.2, -0.15) is 0 Å². The third-order valence-corrected chi connectivity index (χ3v) is 6.61. The van der Waals surface area contributed by atoms with Gasteiger partial charge in [-0.1, -0.05) is 90.5 Å². The van der Waals surface area contributed by atoms with Crippen molar-refractivity contribution >= 4 is 10.8 Å². The average Bonchev–Trinajstić information content (AvgIpc) is 2.83. The van der Waals surface area contributed by atoms with E-state index in [2.05, 4.69) is 103 Å². The predicted octanol–water partition coefficient (Wildman–Crippen LogP) is 7.00. The molecule has 0 saturated carbocycles. The first-order valence-corrected chi connectivity index (χ1v) is 11.8. The molecule has 1 aliphatic heterocycles. The van der Waals surface area contributed by atoms with Crippen molar-refractivity contribution in [2.24, 2.45) is 0 Å². The summed E-state index contributed by atoms with van der Waals surface area (Å²) in [6.07, 6.45) is 3.48. The number of ether oxygens (including phenoxy) is 1. The van der Waals surface area contributed by atoms with Gasteiger partial charge in [0.1, 0.15) is 5.75 Å². The van der Waals surface area contributed by atoms with Gasteiger partial charge in [-0.05, 0) is 60.7 Å². The molecule has 1 heterocycles. The number of aryl methyl sites for hydroxylation is 1. The molecule has 0 radical (unpaired) electrons. The van der Waals surface area contributed by atoms with Crippen molar-refractivity contribution < 1.29 is 4.74 Å². The third kappa shape index (κ3) is 4.56. The van der Waals surface area contributed by atoms with E-state index in [1.165, 1.54) is 33.0 Å². The monoisotopic (exact) mass is 421 g/mol. The molecule has 0 saturated heterocycles. The van der Waals surface area contributed by atoms with Crippen LogP contribution >= 0.6 is 0 Å². The number of fused-ring (bicyclic) bond motifs is 2. The van der Waals surface area contributed by atoms with Crippen LogP contribution in [-0.4, -0.2) is 12.6 Å². The highest BCUT2D eigenvalue weighted by atomic mass is 16.5. The largest absolute Gasteiger partial charge is 0.490 e. The minimum atomic E-state index is 0.259. The Morgan fingerprint density at radius 1 is 0.875 bits per heavy atom. The van der Waals surface area contributed by atoms with E-state index in [1.807, 2.05) is 0 Å². The summed E-state index contributed by atoms with van der Waals surface area (Å²) in [5.41, 5.74) is 5.41. The number of nitrogens with one attached hydrogen (secondary N) is 1. The standard InChI is InChI=1S/C30H31NO/c1-22-9-6-12-24(19-22)29-20-26(32-30-17-5-4-16-28(29)30)14-8-18-31-21-25-13-7-11-23-10-2-3-15-27(23)25/h2-7,9-13,15-17,19,26,29,31H,8,14,18,20-21H2,1H3. The molecule has 2 nitrogen and oxygen atoms in total. The fourth-order valence-electron chi connectivity index (χ4n) is 5.00. The van der Waals surface area contributed by atoms with E-state index in [-0.39, 0.29) is 6.10 Å². The molecule has 4 aromatic rings. The van der Waals surface area contributed by atoms with Gasteiger partial charge in [0.2, 0.25) is 0 Å². The van der Waals surface area contributed by atoms with Crippen molar-refractivity contribution in [3.8, 4) is 5.75 Å². The maximum atomic E-state index is 6.41. The molecule has 32 heavy (non-hydrogen) atoms. The Balaban J connectivity index is 1.20. The lowest BCUT2D eigenvalue weighted by Crippen LogP contribution is -2.27. The van der Waals surface area contributed by atoms with Crippen LogP contribution < -0.4 is 10.1 Å². The van der Waals surface area contributed by atoms with E-state index >= 15 is 0 Å². The van der Waals surface area contributed by atoms with Gasteiger partial charge < -0.3 is 10.1 Å². The SMILES string of the molecule is Cc1cccc(C2CC(CCCNCc3cccc4ccccc34)Oc3ccccc32)c1. The van der Waals surface area contributed by atoms with Crippen LogP contribution in [0.4, 0.5) is 0 Å². The molecular weight excluding hydrogens is 390 g/mol. The van der Waals surface area contributed by atoms with Crippen LogP contribution in [-0.2, 0) is 6.54 Å². The van der Waals surface area contributed by atoms with Gasteiger partial charge in [-0.15, -0.1) is 0 Å². The van der Waals surface area contributed by atoms with Crippen molar-refractivity contribution in [3.05, 3.63) is 113 Å². The van der Waals surface area contributed by atoms with Gasteiger partial charge in [-0.25, -0.2) is 0 Å². The van der Waals surface area contributed by atoms with E-state index in [4.69, 9.17) is 4.74 Å². The first-order valence-electron chi connectivity index (χ1n) is 11.8. The zero-order valence-electron chi connectivity index (χ0n) is 18.8. The van der Waals surface area contributed by atoms with Crippen molar-refractivity contribution in [1.82, 2.24) is 5.32 Å². The Hall–Kier alpha value is -3.10. The summed E-state index contributed by atoms with van der Waals surface area (Å²) in [6, 6.07) is 32.7. The van der Waals surface area contributed by atoms with Crippen LogP contribution in [0, 0.1) is 6.92 Å². The maximum absolute atomic E-state index is 6.41. The van der Waals surface area contributed by atoms with Crippen LogP contribution in [0.1, 0.15) is 47.4 Å². The smallest absolute Gasteiger partial charge is 0.123 e. The lowest BCUT2D eigenvalue weighted by atomic mass is 9.83. The first-order chi connectivity index (χ1) is 15.8. The summed E-state index contributed by atoms with van der Waals surface area (Å²) in [5, 5.41) is 6.30. The second-order valence-corrected chi connectivity index (χ2v) is 8.94. The summed E-state index contributed by atoms with van der Waals surface area (Å²) in [7, 11) is 0. The fourth-order valence-corrected chi connectivity index (χ4v) is 5.00. The summed E-state index contributed by atoms with van der Waals surface area (Å²) in [4.78, 5) is 0. The molecule has 0 aromatic heterocycles. The number of hydrogen-bond donors (Lipinski definition) is 1. The van der Waals surface area contributed by atoms with Crippen molar-refractivity contribution in [3.63, 3.8) is 0 Å². The maximum Gasteiger partial charge on any atom is 0.123 e. The Morgan fingerprint density at radius 3 is 2.62 bits per heavy atom. The zero-order chi connectivity index (χ0) is 21.8. The van der Waals surface area contributed by atoms with E-state index in [0.29, 0.717) is 5.92 Å². The fraction of sp³-hybridized carbons (Fsp3) is 0.267.